The average Bonchev–Trinajstić information content (AvgIpc) is 2.78. The molecule has 1 aliphatic rings. The number of aryl methyl sites for hydroxylation is 2. The normalized spacial score (nSPS) is 14.4. The molecule has 0 aliphatic carbocycles. The summed E-state index contributed by atoms with van der Waals surface area (Å²) in [4.78, 5) is 14.5. The first-order valence-electron chi connectivity index (χ1n) is 10.1. The number of methoxy groups -OCH3 is 1. The predicted octanol–water partition coefficient (Wildman–Crippen LogP) is 2.14. The standard InChI is InChI=1S/C22H28N2O6S/c1-16-4-5-18(14-17(16)2)30-11-8-23-31(26,27)19-6-7-21(28-3)20(15-19)22(25)24-9-12-29-13-10-24/h4-7,14-15,23H,8-13H2,1-3H3. The van der Waals surface area contributed by atoms with Crippen LogP contribution in [0.2, 0.25) is 0 Å². The summed E-state index contributed by atoms with van der Waals surface area (Å²) >= 11 is 0. The fraction of sp³-hybridized carbons (Fsp3) is 0.409. The Balaban J connectivity index is 1.67. The number of ether oxygens (including phenoxy) is 3. The molecular weight excluding hydrogens is 420 g/mol. The quantitative estimate of drug-likeness (QED) is 0.622. The second kappa shape index (κ2) is 10.1. The van der Waals surface area contributed by atoms with E-state index in [2.05, 4.69) is 4.72 Å². The number of amides is 1. The molecule has 1 saturated heterocycles. The van der Waals surface area contributed by atoms with Crippen LogP contribution in [0.1, 0.15) is 21.5 Å². The summed E-state index contributed by atoms with van der Waals surface area (Å²) in [5.41, 5.74) is 2.47. The largest absolute Gasteiger partial charge is 0.496 e. The van der Waals surface area contributed by atoms with Crippen LogP contribution in [0.4, 0.5) is 0 Å². The van der Waals surface area contributed by atoms with Gasteiger partial charge in [0.05, 0.1) is 30.8 Å². The Morgan fingerprint density at radius 2 is 1.84 bits per heavy atom. The minimum Gasteiger partial charge on any atom is -0.496 e. The zero-order valence-corrected chi connectivity index (χ0v) is 18.8. The molecule has 168 valence electrons. The third-order valence-corrected chi connectivity index (χ3v) is 6.61. The van der Waals surface area contributed by atoms with Crippen LogP contribution in [-0.4, -0.2) is 65.8 Å². The molecule has 0 radical (unpaired) electrons. The van der Waals surface area contributed by atoms with Gasteiger partial charge < -0.3 is 19.1 Å². The van der Waals surface area contributed by atoms with Crippen molar-refractivity contribution in [2.75, 3.05) is 46.6 Å². The monoisotopic (exact) mass is 448 g/mol. The molecule has 0 aromatic heterocycles. The van der Waals surface area contributed by atoms with E-state index in [9.17, 15) is 13.2 Å². The van der Waals surface area contributed by atoms with Crippen molar-refractivity contribution in [1.82, 2.24) is 9.62 Å². The molecular formula is C22H28N2O6S. The Kier molecular flexibility index (Phi) is 7.53. The molecule has 2 aromatic carbocycles. The molecule has 9 heteroatoms. The number of carbonyl (C=O) groups excluding carboxylic acids is 1. The van der Waals surface area contributed by atoms with Crippen molar-refractivity contribution in [2.45, 2.75) is 18.7 Å². The number of hydrogen-bond donors (Lipinski definition) is 1. The maximum atomic E-state index is 12.9. The average molecular weight is 449 g/mol. The van der Waals surface area contributed by atoms with Crippen molar-refractivity contribution in [3.8, 4) is 11.5 Å². The molecule has 31 heavy (non-hydrogen) atoms. The van der Waals surface area contributed by atoms with Crippen LogP contribution in [-0.2, 0) is 14.8 Å². The Labute approximate surface area is 183 Å². The van der Waals surface area contributed by atoms with Crippen LogP contribution in [0.3, 0.4) is 0 Å². The van der Waals surface area contributed by atoms with Gasteiger partial charge in [0.25, 0.3) is 5.91 Å². The molecule has 3 rings (SSSR count). The summed E-state index contributed by atoms with van der Waals surface area (Å²) in [5.74, 6) is 0.730. The highest BCUT2D eigenvalue weighted by molar-refractivity contribution is 7.89. The van der Waals surface area contributed by atoms with Gasteiger partial charge in [0.15, 0.2) is 0 Å². The molecule has 1 aliphatic heterocycles. The molecule has 2 aromatic rings. The molecule has 0 spiro atoms. The maximum absolute atomic E-state index is 12.9. The Morgan fingerprint density at radius 1 is 1.10 bits per heavy atom. The van der Waals surface area contributed by atoms with Gasteiger partial charge in [0.2, 0.25) is 10.0 Å². The fourth-order valence-electron chi connectivity index (χ4n) is 3.19. The van der Waals surface area contributed by atoms with Crippen LogP contribution in [0.15, 0.2) is 41.3 Å². The van der Waals surface area contributed by atoms with Crippen molar-refractivity contribution in [2.24, 2.45) is 0 Å². The number of nitrogens with zero attached hydrogens (tertiary/aromatic N) is 1. The van der Waals surface area contributed by atoms with Gasteiger partial charge in [-0.25, -0.2) is 13.1 Å². The van der Waals surface area contributed by atoms with Crippen molar-refractivity contribution in [1.29, 1.82) is 0 Å². The molecule has 0 bridgehead atoms. The van der Waals surface area contributed by atoms with Crippen LogP contribution in [0.25, 0.3) is 0 Å². The third-order valence-electron chi connectivity index (χ3n) is 5.15. The van der Waals surface area contributed by atoms with E-state index in [1.807, 2.05) is 32.0 Å². The van der Waals surface area contributed by atoms with Crippen molar-refractivity contribution in [3.05, 3.63) is 53.1 Å². The molecule has 1 fully saturated rings. The lowest BCUT2D eigenvalue weighted by Gasteiger charge is -2.27. The lowest BCUT2D eigenvalue weighted by Crippen LogP contribution is -2.40. The third kappa shape index (κ3) is 5.75. The van der Waals surface area contributed by atoms with Gasteiger partial charge in [0, 0.05) is 19.6 Å². The summed E-state index contributed by atoms with van der Waals surface area (Å²) in [5, 5.41) is 0. The summed E-state index contributed by atoms with van der Waals surface area (Å²) in [6.45, 7) is 6.08. The smallest absolute Gasteiger partial charge is 0.257 e. The highest BCUT2D eigenvalue weighted by atomic mass is 32.2. The predicted molar refractivity (Wildman–Crippen MR) is 116 cm³/mol. The van der Waals surface area contributed by atoms with E-state index in [-0.39, 0.29) is 29.5 Å². The SMILES string of the molecule is COc1ccc(S(=O)(=O)NCCOc2ccc(C)c(C)c2)cc1C(=O)N1CCOCC1. The molecule has 1 amide bonds. The number of hydrogen-bond acceptors (Lipinski definition) is 6. The lowest BCUT2D eigenvalue weighted by atomic mass is 10.1. The van der Waals surface area contributed by atoms with E-state index in [0.717, 1.165) is 11.1 Å². The molecule has 1 N–H and O–H groups in total. The topological polar surface area (TPSA) is 94.2 Å². The summed E-state index contributed by atoms with van der Waals surface area (Å²) in [7, 11) is -2.38. The highest BCUT2D eigenvalue weighted by Gasteiger charge is 2.24. The van der Waals surface area contributed by atoms with E-state index in [4.69, 9.17) is 14.2 Å². The van der Waals surface area contributed by atoms with Crippen molar-refractivity contribution in [3.63, 3.8) is 0 Å². The van der Waals surface area contributed by atoms with Crippen molar-refractivity contribution >= 4 is 15.9 Å². The van der Waals surface area contributed by atoms with Gasteiger partial charge in [-0.15, -0.1) is 0 Å². The number of morpholine rings is 1. The molecule has 1 heterocycles. The lowest BCUT2D eigenvalue weighted by molar-refractivity contribution is 0.0300. The number of rotatable bonds is 8. The Morgan fingerprint density at radius 3 is 2.52 bits per heavy atom. The summed E-state index contributed by atoms with van der Waals surface area (Å²) in [6, 6.07) is 9.98. The van der Waals surface area contributed by atoms with Crippen molar-refractivity contribution < 1.29 is 27.4 Å². The van der Waals surface area contributed by atoms with Gasteiger partial charge in [-0.1, -0.05) is 6.07 Å². The second-order valence-electron chi connectivity index (χ2n) is 7.26. The first-order chi connectivity index (χ1) is 14.8. The van der Waals surface area contributed by atoms with Crippen LogP contribution in [0.5, 0.6) is 11.5 Å². The minimum absolute atomic E-state index is 0.00362. The van der Waals surface area contributed by atoms with E-state index in [1.54, 1.807) is 4.90 Å². The van der Waals surface area contributed by atoms with Crippen LogP contribution < -0.4 is 14.2 Å². The van der Waals surface area contributed by atoms with E-state index in [1.165, 1.54) is 25.3 Å². The van der Waals surface area contributed by atoms with Gasteiger partial charge in [-0.2, -0.15) is 0 Å². The van der Waals surface area contributed by atoms with E-state index < -0.39 is 10.0 Å². The fourth-order valence-corrected chi connectivity index (χ4v) is 4.23. The van der Waals surface area contributed by atoms with Gasteiger partial charge in [-0.3, -0.25) is 4.79 Å². The maximum Gasteiger partial charge on any atom is 0.257 e. The Hall–Kier alpha value is -2.62. The minimum atomic E-state index is -3.82. The molecule has 8 nitrogen and oxygen atoms in total. The number of benzene rings is 2. The first kappa shape index (κ1) is 23.1. The number of carbonyl (C=O) groups is 1. The van der Waals surface area contributed by atoms with E-state index in [0.29, 0.717) is 37.8 Å². The van der Waals surface area contributed by atoms with E-state index >= 15 is 0 Å². The zero-order valence-electron chi connectivity index (χ0n) is 18.0. The number of nitrogens with one attached hydrogen (secondary N) is 1. The first-order valence-corrected chi connectivity index (χ1v) is 11.5. The summed E-state index contributed by atoms with van der Waals surface area (Å²) < 4.78 is 44.2. The van der Waals surface area contributed by atoms with Crippen LogP contribution in [0, 0.1) is 13.8 Å². The summed E-state index contributed by atoms with van der Waals surface area (Å²) in [6.07, 6.45) is 0. The molecule has 0 unspecified atom stereocenters. The van der Waals surface area contributed by atoms with Gasteiger partial charge in [-0.05, 0) is 55.3 Å². The number of sulfonamides is 1. The molecule has 0 saturated carbocycles. The van der Waals surface area contributed by atoms with Gasteiger partial charge in [0.1, 0.15) is 18.1 Å². The second-order valence-corrected chi connectivity index (χ2v) is 9.03. The van der Waals surface area contributed by atoms with Crippen LogP contribution >= 0.6 is 0 Å². The highest BCUT2D eigenvalue weighted by Crippen LogP contribution is 2.24. The van der Waals surface area contributed by atoms with Gasteiger partial charge >= 0.3 is 0 Å². The molecule has 0 atom stereocenters. The zero-order chi connectivity index (χ0) is 22.4. The Bertz CT molecular complexity index is 1030.